The van der Waals surface area contributed by atoms with Gasteiger partial charge in [-0.1, -0.05) is 92.2 Å². The maximum atomic E-state index is 14.6. The zero-order valence-corrected chi connectivity index (χ0v) is 27.8. The molecule has 0 radical (unpaired) electrons. The number of para-hydroxylation sites is 1. The van der Waals surface area contributed by atoms with E-state index in [2.05, 4.69) is 5.32 Å². The number of anilines is 1. The van der Waals surface area contributed by atoms with E-state index >= 15 is 0 Å². The minimum Gasteiger partial charge on any atom is -0.497 e. The third-order valence-electron chi connectivity index (χ3n) is 7.84. The van der Waals surface area contributed by atoms with Crippen molar-refractivity contribution in [3.8, 4) is 5.75 Å². The summed E-state index contributed by atoms with van der Waals surface area (Å²) < 4.78 is 35.2. The van der Waals surface area contributed by atoms with Gasteiger partial charge in [-0.05, 0) is 66.8 Å². The van der Waals surface area contributed by atoms with E-state index in [1.165, 1.54) is 9.21 Å². The Labute approximate surface area is 273 Å². The van der Waals surface area contributed by atoms with Gasteiger partial charge in [0.25, 0.3) is 10.0 Å². The lowest BCUT2D eigenvalue weighted by molar-refractivity contribution is -0.140. The van der Waals surface area contributed by atoms with Crippen LogP contribution in [0.5, 0.6) is 5.75 Å². The van der Waals surface area contributed by atoms with E-state index in [-0.39, 0.29) is 23.8 Å². The van der Waals surface area contributed by atoms with Crippen LogP contribution in [0.3, 0.4) is 0 Å². The minimum atomic E-state index is -4.17. The van der Waals surface area contributed by atoms with E-state index < -0.39 is 28.5 Å². The largest absolute Gasteiger partial charge is 0.497 e. The molecule has 4 aromatic rings. The molecule has 0 spiro atoms. The number of carbonyl (C=O) groups excluding carboxylic acids is 2. The van der Waals surface area contributed by atoms with E-state index in [0.29, 0.717) is 24.4 Å². The van der Waals surface area contributed by atoms with Crippen molar-refractivity contribution in [2.24, 2.45) is 0 Å². The molecule has 9 heteroatoms. The lowest BCUT2D eigenvalue weighted by Crippen LogP contribution is -2.53. The molecule has 0 aliphatic carbocycles. The molecule has 0 aromatic heterocycles. The molecule has 0 saturated heterocycles. The second-order valence-corrected chi connectivity index (χ2v) is 13.0. The van der Waals surface area contributed by atoms with Gasteiger partial charge in [0.15, 0.2) is 0 Å². The van der Waals surface area contributed by atoms with Crippen LogP contribution in [0.2, 0.25) is 0 Å². The molecule has 4 rings (SSSR count). The molecule has 0 bridgehead atoms. The highest BCUT2D eigenvalue weighted by Crippen LogP contribution is 2.29. The number of amides is 2. The van der Waals surface area contributed by atoms with Gasteiger partial charge in [-0.3, -0.25) is 13.9 Å². The van der Waals surface area contributed by atoms with E-state index in [0.717, 1.165) is 28.7 Å². The maximum absolute atomic E-state index is 14.6. The Balaban J connectivity index is 1.83. The monoisotopic (exact) mass is 641 g/mol. The summed E-state index contributed by atoms with van der Waals surface area (Å²) >= 11 is 0. The van der Waals surface area contributed by atoms with Crippen molar-refractivity contribution in [1.82, 2.24) is 10.2 Å². The number of nitrogens with zero attached hydrogens (tertiary/aromatic N) is 2. The Morgan fingerprint density at radius 2 is 1.52 bits per heavy atom. The van der Waals surface area contributed by atoms with Crippen LogP contribution in [0.15, 0.2) is 108 Å². The Bertz CT molecular complexity index is 1710. The first kappa shape index (κ1) is 34.2. The fraction of sp³-hybridized carbons (Fsp3) is 0.297. The summed E-state index contributed by atoms with van der Waals surface area (Å²) in [5.41, 5.74) is 3.75. The number of hydrogen-bond acceptors (Lipinski definition) is 5. The lowest BCUT2D eigenvalue weighted by Gasteiger charge is -2.34. The van der Waals surface area contributed by atoms with Crippen LogP contribution < -0.4 is 14.4 Å². The molecule has 0 saturated carbocycles. The normalized spacial score (nSPS) is 11.8. The van der Waals surface area contributed by atoms with Gasteiger partial charge >= 0.3 is 0 Å². The van der Waals surface area contributed by atoms with Crippen LogP contribution in [-0.2, 0) is 39.0 Å². The van der Waals surface area contributed by atoms with Crippen LogP contribution >= 0.6 is 0 Å². The van der Waals surface area contributed by atoms with Crippen molar-refractivity contribution in [2.45, 2.75) is 57.5 Å². The highest BCUT2D eigenvalue weighted by atomic mass is 32.2. The second kappa shape index (κ2) is 16.1. The number of benzene rings is 4. The number of sulfonamides is 1. The van der Waals surface area contributed by atoms with Crippen LogP contribution in [0.4, 0.5) is 5.69 Å². The lowest BCUT2D eigenvalue weighted by atomic mass is 10.0. The summed E-state index contributed by atoms with van der Waals surface area (Å²) in [6.45, 7) is 5.82. The average Bonchev–Trinajstić information content (AvgIpc) is 3.08. The molecule has 1 atom stereocenters. The van der Waals surface area contributed by atoms with Crippen LogP contribution in [0.1, 0.15) is 42.5 Å². The van der Waals surface area contributed by atoms with Crippen molar-refractivity contribution in [1.29, 1.82) is 0 Å². The molecule has 0 aliphatic heterocycles. The molecule has 0 heterocycles. The van der Waals surface area contributed by atoms with Crippen molar-refractivity contribution in [2.75, 3.05) is 24.5 Å². The minimum absolute atomic E-state index is 0.0704. The molecular formula is C37H43N3O5S. The quantitative estimate of drug-likeness (QED) is 0.174. The fourth-order valence-electron chi connectivity index (χ4n) is 5.29. The summed E-state index contributed by atoms with van der Waals surface area (Å²) in [7, 11) is -2.60. The van der Waals surface area contributed by atoms with Crippen molar-refractivity contribution >= 4 is 27.5 Å². The molecular weight excluding hydrogens is 598 g/mol. The van der Waals surface area contributed by atoms with Gasteiger partial charge in [0.1, 0.15) is 18.3 Å². The Hall–Kier alpha value is -4.63. The molecule has 1 N–H and O–H groups in total. The molecule has 0 aliphatic rings. The predicted octanol–water partition coefficient (Wildman–Crippen LogP) is 5.93. The van der Waals surface area contributed by atoms with Crippen LogP contribution in [0.25, 0.3) is 0 Å². The van der Waals surface area contributed by atoms with Gasteiger partial charge in [0.05, 0.1) is 17.7 Å². The Morgan fingerprint density at radius 1 is 0.848 bits per heavy atom. The predicted molar refractivity (Wildman–Crippen MR) is 182 cm³/mol. The van der Waals surface area contributed by atoms with Gasteiger partial charge in [-0.2, -0.15) is 0 Å². The van der Waals surface area contributed by atoms with E-state index in [4.69, 9.17) is 4.74 Å². The topological polar surface area (TPSA) is 96.0 Å². The maximum Gasteiger partial charge on any atom is 0.264 e. The van der Waals surface area contributed by atoms with Gasteiger partial charge in [0, 0.05) is 19.5 Å². The summed E-state index contributed by atoms with van der Waals surface area (Å²) in [6, 6.07) is 29.7. The molecule has 4 aromatic carbocycles. The van der Waals surface area contributed by atoms with Gasteiger partial charge in [0.2, 0.25) is 11.8 Å². The van der Waals surface area contributed by atoms with Crippen molar-refractivity contribution < 1.29 is 22.7 Å². The van der Waals surface area contributed by atoms with E-state index in [9.17, 15) is 18.0 Å². The Kier molecular flexibility index (Phi) is 12.0. The van der Waals surface area contributed by atoms with Crippen molar-refractivity contribution in [3.05, 3.63) is 125 Å². The third kappa shape index (κ3) is 8.54. The zero-order valence-electron chi connectivity index (χ0n) is 27.0. The highest BCUT2D eigenvalue weighted by molar-refractivity contribution is 7.92. The standard InChI is InChI=1S/C37H43N3O5S/c1-5-23-38-37(42)35(25-29-13-8-7-9-14-29)39(26-30-15-12-17-32(24-30)45-4)36(41)27-40(34-18-11-10-16-31(34)6-2)46(43,44)33-21-19-28(3)20-22-33/h7-22,24,35H,5-6,23,25-27H2,1-4H3,(H,38,42). The number of methoxy groups -OCH3 is 1. The molecule has 8 nitrogen and oxygen atoms in total. The van der Waals surface area contributed by atoms with Crippen LogP contribution in [-0.4, -0.2) is 51.4 Å². The third-order valence-corrected chi connectivity index (χ3v) is 9.61. The first-order valence-corrected chi connectivity index (χ1v) is 17.0. The molecule has 1 unspecified atom stereocenters. The van der Waals surface area contributed by atoms with Crippen molar-refractivity contribution in [3.63, 3.8) is 0 Å². The number of aryl methyl sites for hydroxylation is 2. The van der Waals surface area contributed by atoms with E-state index in [1.807, 2.05) is 87.5 Å². The van der Waals surface area contributed by atoms with Gasteiger partial charge < -0.3 is 15.0 Å². The first-order chi connectivity index (χ1) is 22.2. The fourth-order valence-corrected chi connectivity index (χ4v) is 6.74. The number of hydrogen-bond donors (Lipinski definition) is 1. The number of nitrogens with one attached hydrogen (secondary N) is 1. The molecule has 2 amide bonds. The second-order valence-electron chi connectivity index (χ2n) is 11.2. The number of ether oxygens (including phenoxy) is 1. The molecule has 46 heavy (non-hydrogen) atoms. The smallest absolute Gasteiger partial charge is 0.264 e. The van der Waals surface area contributed by atoms with Gasteiger partial charge in [-0.15, -0.1) is 0 Å². The summed E-state index contributed by atoms with van der Waals surface area (Å²) in [5, 5.41) is 2.97. The van der Waals surface area contributed by atoms with E-state index in [1.54, 1.807) is 43.5 Å². The van der Waals surface area contributed by atoms with Gasteiger partial charge in [-0.25, -0.2) is 8.42 Å². The number of rotatable bonds is 15. The Morgan fingerprint density at radius 3 is 2.20 bits per heavy atom. The SMILES string of the molecule is CCCNC(=O)C(Cc1ccccc1)N(Cc1cccc(OC)c1)C(=O)CN(c1ccccc1CC)S(=O)(=O)c1ccc(C)cc1. The van der Waals surface area contributed by atoms with Crippen LogP contribution in [0, 0.1) is 6.92 Å². The highest BCUT2D eigenvalue weighted by Gasteiger charge is 2.35. The summed E-state index contributed by atoms with van der Waals surface area (Å²) in [4.78, 5) is 30.0. The average molecular weight is 642 g/mol. The number of carbonyl (C=O) groups is 2. The zero-order chi connectivity index (χ0) is 33.1. The first-order valence-electron chi connectivity index (χ1n) is 15.6. The molecule has 242 valence electrons. The molecule has 0 fully saturated rings. The summed E-state index contributed by atoms with van der Waals surface area (Å²) in [5.74, 6) is -0.193. The summed E-state index contributed by atoms with van der Waals surface area (Å²) in [6.07, 6.45) is 1.54.